The summed E-state index contributed by atoms with van der Waals surface area (Å²) in [7, 11) is 0. The van der Waals surface area contributed by atoms with Crippen LogP contribution in [0.4, 0.5) is 17.1 Å². The molecule has 1 heterocycles. The number of anilines is 3. The number of ether oxygens (including phenoxy) is 1. The first-order chi connectivity index (χ1) is 14.1. The molecule has 3 aromatic carbocycles. The topological polar surface area (TPSA) is 67.6 Å². The van der Waals surface area contributed by atoms with Crippen LogP contribution in [0.3, 0.4) is 0 Å². The molecule has 1 saturated heterocycles. The lowest BCUT2D eigenvalue weighted by atomic mass is 10.1. The number of rotatable bonds is 5. The molecule has 1 amide bonds. The lowest BCUT2D eigenvalue weighted by Crippen LogP contribution is -2.28. The second kappa shape index (κ2) is 8.45. The second-order valence-corrected chi connectivity index (χ2v) is 7.42. The monoisotopic (exact) mass is 407 g/mol. The van der Waals surface area contributed by atoms with E-state index in [1.807, 2.05) is 41.3 Å². The number of amides is 1. The predicted octanol–water partition coefficient (Wildman–Crippen LogP) is 5.69. The van der Waals surface area contributed by atoms with Gasteiger partial charge in [-0.25, -0.2) is 0 Å². The Labute approximate surface area is 175 Å². The SMILES string of the molecule is Nc1ccc(Nc2cc(Cl)ccc2Oc2ccccc2)c(C(=O)N2CCCC2)c1. The molecular formula is C23H22ClN3O2. The highest BCUT2D eigenvalue weighted by Gasteiger charge is 2.22. The van der Waals surface area contributed by atoms with Crippen molar-refractivity contribution in [2.45, 2.75) is 12.8 Å². The van der Waals surface area contributed by atoms with Crippen LogP contribution in [0.1, 0.15) is 23.2 Å². The van der Waals surface area contributed by atoms with Crippen LogP contribution < -0.4 is 15.8 Å². The highest BCUT2D eigenvalue weighted by molar-refractivity contribution is 6.31. The quantitative estimate of drug-likeness (QED) is 0.533. The van der Waals surface area contributed by atoms with Gasteiger partial charge in [-0.3, -0.25) is 4.79 Å². The minimum Gasteiger partial charge on any atom is -0.455 e. The predicted molar refractivity (Wildman–Crippen MR) is 117 cm³/mol. The molecule has 5 nitrogen and oxygen atoms in total. The zero-order valence-electron chi connectivity index (χ0n) is 15.9. The van der Waals surface area contributed by atoms with Gasteiger partial charge in [0.25, 0.3) is 5.91 Å². The molecule has 3 N–H and O–H groups in total. The number of carbonyl (C=O) groups excluding carboxylic acids is 1. The normalized spacial score (nSPS) is 13.3. The fraction of sp³-hybridized carbons (Fsp3) is 0.174. The maximum Gasteiger partial charge on any atom is 0.256 e. The number of nitrogen functional groups attached to an aromatic ring is 1. The highest BCUT2D eigenvalue weighted by atomic mass is 35.5. The van der Waals surface area contributed by atoms with Crippen LogP contribution in [0.5, 0.6) is 11.5 Å². The van der Waals surface area contributed by atoms with Gasteiger partial charge in [0.15, 0.2) is 5.75 Å². The van der Waals surface area contributed by atoms with Crippen LogP contribution in [-0.4, -0.2) is 23.9 Å². The molecule has 0 saturated carbocycles. The maximum atomic E-state index is 13.0. The van der Waals surface area contributed by atoms with Crippen molar-refractivity contribution in [3.8, 4) is 11.5 Å². The lowest BCUT2D eigenvalue weighted by molar-refractivity contribution is 0.0794. The third kappa shape index (κ3) is 4.46. The Balaban J connectivity index is 1.67. The summed E-state index contributed by atoms with van der Waals surface area (Å²) in [5, 5.41) is 3.89. The van der Waals surface area contributed by atoms with E-state index >= 15 is 0 Å². The second-order valence-electron chi connectivity index (χ2n) is 6.98. The van der Waals surface area contributed by atoms with E-state index < -0.39 is 0 Å². The smallest absolute Gasteiger partial charge is 0.256 e. The highest BCUT2D eigenvalue weighted by Crippen LogP contribution is 2.35. The summed E-state index contributed by atoms with van der Waals surface area (Å²) in [4.78, 5) is 14.9. The number of likely N-dealkylation sites (tertiary alicyclic amines) is 1. The molecule has 3 aromatic rings. The number of carbonyl (C=O) groups is 1. The Kier molecular flexibility index (Phi) is 5.58. The van der Waals surface area contributed by atoms with Gasteiger partial charge < -0.3 is 20.7 Å². The van der Waals surface area contributed by atoms with Gasteiger partial charge in [0.05, 0.1) is 16.9 Å². The Morgan fingerprint density at radius 3 is 2.48 bits per heavy atom. The first kappa shape index (κ1) is 19.2. The van der Waals surface area contributed by atoms with E-state index in [1.165, 1.54) is 0 Å². The molecule has 4 rings (SSSR count). The molecule has 0 aliphatic carbocycles. The largest absolute Gasteiger partial charge is 0.455 e. The average Bonchev–Trinajstić information content (AvgIpc) is 3.26. The van der Waals surface area contributed by atoms with Crippen LogP contribution in [0.25, 0.3) is 0 Å². The molecule has 0 radical (unpaired) electrons. The van der Waals surface area contributed by atoms with Crippen LogP contribution in [0.2, 0.25) is 5.02 Å². The van der Waals surface area contributed by atoms with E-state index in [0.29, 0.717) is 39.1 Å². The first-order valence-electron chi connectivity index (χ1n) is 9.58. The van der Waals surface area contributed by atoms with Gasteiger partial charge in [0.2, 0.25) is 0 Å². The zero-order chi connectivity index (χ0) is 20.2. The molecule has 0 aromatic heterocycles. The van der Waals surface area contributed by atoms with E-state index in [-0.39, 0.29) is 5.91 Å². The van der Waals surface area contributed by atoms with Gasteiger partial charge in [-0.2, -0.15) is 0 Å². The van der Waals surface area contributed by atoms with Crippen LogP contribution in [0, 0.1) is 0 Å². The van der Waals surface area contributed by atoms with Gasteiger partial charge >= 0.3 is 0 Å². The number of halogens is 1. The number of nitrogens with two attached hydrogens (primary N) is 1. The van der Waals surface area contributed by atoms with E-state index in [0.717, 1.165) is 25.9 Å². The molecule has 1 aliphatic rings. The number of hydrogen-bond donors (Lipinski definition) is 2. The first-order valence-corrected chi connectivity index (χ1v) is 9.96. The number of benzene rings is 3. The van der Waals surface area contributed by atoms with E-state index in [1.54, 1.807) is 30.3 Å². The molecule has 1 fully saturated rings. The molecule has 0 atom stereocenters. The van der Waals surface area contributed by atoms with Gasteiger partial charge in [-0.05, 0) is 61.4 Å². The van der Waals surface area contributed by atoms with Crippen molar-refractivity contribution in [1.29, 1.82) is 0 Å². The molecular weight excluding hydrogens is 386 g/mol. The summed E-state index contributed by atoms with van der Waals surface area (Å²) in [6, 6.07) is 20.1. The maximum absolute atomic E-state index is 13.0. The van der Waals surface area contributed by atoms with E-state index in [9.17, 15) is 4.79 Å². The Hall–Kier alpha value is -3.18. The summed E-state index contributed by atoms with van der Waals surface area (Å²) < 4.78 is 6.02. The third-order valence-corrected chi connectivity index (χ3v) is 5.08. The fourth-order valence-electron chi connectivity index (χ4n) is 3.39. The molecule has 0 unspecified atom stereocenters. The van der Waals surface area contributed by atoms with Crippen molar-refractivity contribution in [2.75, 3.05) is 24.1 Å². The molecule has 6 heteroatoms. The lowest BCUT2D eigenvalue weighted by Gasteiger charge is -2.20. The minimum atomic E-state index is -0.0233. The van der Waals surface area contributed by atoms with Crippen LogP contribution in [0.15, 0.2) is 66.7 Å². The van der Waals surface area contributed by atoms with Gasteiger partial charge in [-0.15, -0.1) is 0 Å². The van der Waals surface area contributed by atoms with Crippen LogP contribution >= 0.6 is 11.6 Å². The van der Waals surface area contributed by atoms with Crippen molar-refractivity contribution in [3.63, 3.8) is 0 Å². The molecule has 29 heavy (non-hydrogen) atoms. The fourth-order valence-corrected chi connectivity index (χ4v) is 3.56. The Morgan fingerprint density at radius 2 is 1.72 bits per heavy atom. The van der Waals surface area contributed by atoms with Gasteiger partial charge in [0.1, 0.15) is 5.75 Å². The van der Waals surface area contributed by atoms with E-state index in [2.05, 4.69) is 5.32 Å². The summed E-state index contributed by atoms with van der Waals surface area (Å²) in [5.74, 6) is 1.30. The van der Waals surface area contributed by atoms with Crippen molar-refractivity contribution in [2.24, 2.45) is 0 Å². The standard InChI is InChI=1S/C23H22ClN3O2/c24-16-8-11-22(29-18-6-2-1-3-7-18)21(14-16)26-20-10-9-17(25)15-19(20)23(28)27-12-4-5-13-27/h1-3,6-11,14-15,26H,4-5,12-13,25H2. The number of hydrogen-bond acceptors (Lipinski definition) is 4. The molecule has 0 spiro atoms. The minimum absolute atomic E-state index is 0.0233. The summed E-state index contributed by atoms with van der Waals surface area (Å²) in [6.07, 6.45) is 2.06. The molecule has 1 aliphatic heterocycles. The third-order valence-electron chi connectivity index (χ3n) is 4.85. The zero-order valence-corrected chi connectivity index (χ0v) is 16.7. The Bertz CT molecular complexity index is 1020. The van der Waals surface area contributed by atoms with Gasteiger partial charge in [-0.1, -0.05) is 29.8 Å². The van der Waals surface area contributed by atoms with Gasteiger partial charge in [0, 0.05) is 23.8 Å². The summed E-state index contributed by atoms with van der Waals surface area (Å²) >= 11 is 6.23. The van der Waals surface area contributed by atoms with E-state index in [4.69, 9.17) is 22.1 Å². The number of nitrogens with zero attached hydrogens (tertiary/aromatic N) is 1. The summed E-state index contributed by atoms with van der Waals surface area (Å²) in [6.45, 7) is 1.54. The van der Waals surface area contributed by atoms with Crippen LogP contribution in [-0.2, 0) is 0 Å². The summed E-state index contributed by atoms with van der Waals surface area (Å²) in [5.41, 5.74) is 8.39. The Morgan fingerprint density at radius 1 is 0.966 bits per heavy atom. The number of nitrogens with one attached hydrogen (secondary N) is 1. The van der Waals surface area contributed by atoms with Crippen molar-refractivity contribution >= 4 is 34.6 Å². The van der Waals surface area contributed by atoms with Crippen molar-refractivity contribution in [1.82, 2.24) is 4.90 Å². The van der Waals surface area contributed by atoms with Crippen molar-refractivity contribution < 1.29 is 9.53 Å². The van der Waals surface area contributed by atoms with Crippen molar-refractivity contribution in [3.05, 3.63) is 77.3 Å². The molecule has 0 bridgehead atoms. The molecule has 148 valence electrons. The average molecular weight is 408 g/mol. The number of para-hydroxylation sites is 1.